The molecule has 1 aromatic carbocycles. The number of hydrogen-bond donors (Lipinski definition) is 2. The van der Waals surface area contributed by atoms with Gasteiger partial charge in [-0.05, 0) is 24.1 Å². The first-order chi connectivity index (χ1) is 8.63. The molecule has 1 aromatic rings. The van der Waals surface area contributed by atoms with Gasteiger partial charge in [0, 0.05) is 36.0 Å². The molecule has 0 spiro atoms. The predicted molar refractivity (Wildman–Crippen MR) is 73.1 cm³/mol. The number of hydrogen-bond acceptors (Lipinski definition) is 3. The van der Waals surface area contributed by atoms with E-state index in [1.807, 2.05) is 18.2 Å². The van der Waals surface area contributed by atoms with Gasteiger partial charge < -0.3 is 10.2 Å². The minimum Gasteiger partial charge on any atom is -0.326 e. The van der Waals surface area contributed by atoms with Gasteiger partial charge >= 0.3 is 0 Å². The maximum absolute atomic E-state index is 11.8. The van der Waals surface area contributed by atoms with Crippen molar-refractivity contribution in [2.24, 2.45) is 0 Å². The summed E-state index contributed by atoms with van der Waals surface area (Å²) in [6.07, 6.45) is 1.78. The van der Waals surface area contributed by atoms with E-state index < -0.39 is 0 Å². The van der Waals surface area contributed by atoms with E-state index in [2.05, 4.69) is 17.9 Å². The minimum atomic E-state index is 0.0412. The van der Waals surface area contributed by atoms with E-state index in [-0.39, 0.29) is 17.1 Å². The second-order valence-corrected chi connectivity index (χ2v) is 5.48. The number of aryl methyl sites for hydroxylation is 1. The van der Waals surface area contributed by atoms with Crippen LogP contribution in [0.5, 0.6) is 0 Å². The van der Waals surface area contributed by atoms with Gasteiger partial charge in [-0.25, -0.2) is 0 Å². The van der Waals surface area contributed by atoms with Gasteiger partial charge in [-0.15, -0.1) is 0 Å². The standard InChI is InChI=1S/C13H14N2O2S/c16-12-4-2-8-1-3-9(5-11(8)14-12)15-7-10(18)6-13(15)17/h1,3,5,10,18H,2,4,6-7H2,(H,14,16). The number of amides is 2. The van der Waals surface area contributed by atoms with Crippen LogP contribution in [0.25, 0.3) is 0 Å². The summed E-state index contributed by atoms with van der Waals surface area (Å²) in [5.74, 6) is 0.136. The summed E-state index contributed by atoms with van der Waals surface area (Å²) >= 11 is 4.34. The van der Waals surface area contributed by atoms with Crippen LogP contribution in [0.1, 0.15) is 18.4 Å². The Kier molecular flexibility index (Phi) is 2.78. The molecule has 1 N–H and O–H groups in total. The quantitative estimate of drug-likeness (QED) is 0.755. The predicted octanol–water partition coefficient (Wildman–Crippen LogP) is 1.61. The SMILES string of the molecule is O=C1CCc2ccc(N3CC(S)CC3=O)cc2N1. The van der Waals surface area contributed by atoms with Crippen LogP contribution in [0, 0.1) is 0 Å². The van der Waals surface area contributed by atoms with Crippen molar-refractivity contribution in [1.82, 2.24) is 0 Å². The second kappa shape index (κ2) is 4.31. The highest BCUT2D eigenvalue weighted by atomic mass is 32.1. The van der Waals surface area contributed by atoms with Crippen LogP contribution in [0.4, 0.5) is 11.4 Å². The number of nitrogens with zero attached hydrogens (tertiary/aromatic N) is 1. The Morgan fingerprint density at radius 2 is 2.11 bits per heavy atom. The lowest BCUT2D eigenvalue weighted by Gasteiger charge is -2.21. The maximum atomic E-state index is 11.8. The van der Waals surface area contributed by atoms with Gasteiger partial charge in [0.05, 0.1) is 0 Å². The smallest absolute Gasteiger partial charge is 0.228 e. The molecule has 2 aliphatic heterocycles. The van der Waals surface area contributed by atoms with Crippen molar-refractivity contribution in [1.29, 1.82) is 0 Å². The fourth-order valence-corrected chi connectivity index (χ4v) is 2.79. The Labute approximate surface area is 111 Å². The largest absolute Gasteiger partial charge is 0.326 e. The number of rotatable bonds is 1. The lowest BCUT2D eigenvalue weighted by Crippen LogP contribution is -2.25. The highest BCUT2D eigenvalue weighted by molar-refractivity contribution is 7.81. The van der Waals surface area contributed by atoms with E-state index >= 15 is 0 Å². The highest BCUT2D eigenvalue weighted by Gasteiger charge is 2.29. The summed E-state index contributed by atoms with van der Waals surface area (Å²) in [5.41, 5.74) is 2.81. The van der Waals surface area contributed by atoms with Crippen LogP contribution >= 0.6 is 12.6 Å². The number of nitrogens with one attached hydrogen (secondary N) is 1. The Morgan fingerprint density at radius 1 is 1.28 bits per heavy atom. The van der Waals surface area contributed by atoms with Crippen molar-refractivity contribution < 1.29 is 9.59 Å². The van der Waals surface area contributed by atoms with E-state index in [9.17, 15) is 9.59 Å². The molecule has 1 unspecified atom stereocenters. The zero-order valence-corrected chi connectivity index (χ0v) is 10.7. The van der Waals surface area contributed by atoms with Gasteiger partial charge in [-0.3, -0.25) is 9.59 Å². The molecule has 0 aromatic heterocycles. The van der Waals surface area contributed by atoms with Gasteiger partial charge in [-0.2, -0.15) is 12.6 Å². The van der Waals surface area contributed by atoms with Crippen LogP contribution in [0.15, 0.2) is 18.2 Å². The summed E-state index contributed by atoms with van der Waals surface area (Å²) in [6.45, 7) is 0.634. The molecule has 2 amide bonds. The highest BCUT2D eigenvalue weighted by Crippen LogP contribution is 2.30. The average molecular weight is 262 g/mol. The normalized spacial score (nSPS) is 22.9. The minimum absolute atomic E-state index is 0.0412. The van der Waals surface area contributed by atoms with Gasteiger partial charge in [0.2, 0.25) is 11.8 Å². The molecule has 0 bridgehead atoms. The fraction of sp³-hybridized carbons (Fsp3) is 0.385. The first-order valence-corrected chi connectivity index (χ1v) is 6.56. The van der Waals surface area contributed by atoms with Crippen molar-refractivity contribution in [3.8, 4) is 0 Å². The number of carbonyl (C=O) groups excluding carboxylic acids is 2. The molecule has 0 aliphatic carbocycles. The Bertz CT molecular complexity index is 530. The molecule has 1 atom stereocenters. The van der Waals surface area contributed by atoms with Crippen LogP contribution in [0.3, 0.4) is 0 Å². The molecule has 3 rings (SSSR count). The molecular weight excluding hydrogens is 248 g/mol. The van der Waals surface area contributed by atoms with Crippen molar-refractivity contribution in [2.75, 3.05) is 16.8 Å². The van der Waals surface area contributed by atoms with Crippen LogP contribution < -0.4 is 10.2 Å². The molecular formula is C13H14N2O2S. The molecule has 5 heteroatoms. The Balaban J connectivity index is 1.92. The Hall–Kier alpha value is -1.49. The van der Waals surface area contributed by atoms with E-state index in [0.717, 1.165) is 23.4 Å². The van der Waals surface area contributed by atoms with Crippen molar-refractivity contribution >= 4 is 35.8 Å². The molecule has 2 aliphatic rings. The topological polar surface area (TPSA) is 49.4 Å². The number of thiol groups is 1. The van der Waals surface area contributed by atoms with Crippen molar-refractivity contribution in [2.45, 2.75) is 24.5 Å². The molecule has 1 saturated heterocycles. The molecule has 0 saturated carbocycles. The van der Waals surface area contributed by atoms with Gasteiger partial charge in [-0.1, -0.05) is 6.07 Å². The third-order valence-corrected chi connectivity index (χ3v) is 3.75. The molecule has 1 fully saturated rings. The average Bonchev–Trinajstić information content (AvgIpc) is 2.67. The monoisotopic (exact) mass is 262 g/mol. The van der Waals surface area contributed by atoms with Gasteiger partial charge in [0.15, 0.2) is 0 Å². The van der Waals surface area contributed by atoms with Crippen molar-refractivity contribution in [3.05, 3.63) is 23.8 Å². The second-order valence-electron chi connectivity index (χ2n) is 4.75. The Morgan fingerprint density at radius 3 is 2.83 bits per heavy atom. The third-order valence-electron chi connectivity index (χ3n) is 3.41. The summed E-state index contributed by atoms with van der Waals surface area (Å²) in [6, 6.07) is 5.82. The zero-order valence-electron chi connectivity index (χ0n) is 9.85. The number of anilines is 2. The van der Waals surface area contributed by atoms with Crippen LogP contribution in [0.2, 0.25) is 0 Å². The molecule has 4 nitrogen and oxygen atoms in total. The van der Waals surface area contributed by atoms with Gasteiger partial charge in [0.25, 0.3) is 0 Å². The first kappa shape index (κ1) is 11.6. The lowest BCUT2D eigenvalue weighted by atomic mass is 10.0. The lowest BCUT2D eigenvalue weighted by molar-refractivity contribution is -0.117. The third kappa shape index (κ3) is 1.99. The van der Waals surface area contributed by atoms with Crippen LogP contribution in [-0.4, -0.2) is 23.6 Å². The zero-order chi connectivity index (χ0) is 12.7. The molecule has 2 heterocycles. The van der Waals surface area contributed by atoms with Crippen LogP contribution in [-0.2, 0) is 16.0 Å². The fourth-order valence-electron chi connectivity index (χ4n) is 2.47. The number of carbonyl (C=O) groups is 2. The summed E-state index contributed by atoms with van der Waals surface area (Å²) < 4.78 is 0. The summed E-state index contributed by atoms with van der Waals surface area (Å²) in [4.78, 5) is 24.9. The van der Waals surface area contributed by atoms with Gasteiger partial charge in [0.1, 0.15) is 0 Å². The first-order valence-electron chi connectivity index (χ1n) is 6.05. The van der Waals surface area contributed by atoms with E-state index in [4.69, 9.17) is 0 Å². The molecule has 0 radical (unpaired) electrons. The van der Waals surface area contributed by atoms with E-state index in [1.54, 1.807) is 4.90 Å². The van der Waals surface area contributed by atoms with Crippen molar-refractivity contribution in [3.63, 3.8) is 0 Å². The summed E-state index contributed by atoms with van der Waals surface area (Å²) in [7, 11) is 0. The molecule has 94 valence electrons. The van der Waals surface area contributed by atoms with E-state index in [0.29, 0.717) is 19.4 Å². The molecule has 18 heavy (non-hydrogen) atoms. The maximum Gasteiger partial charge on any atom is 0.228 e. The summed E-state index contributed by atoms with van der Waals surface area (Å²) in [5, 5.41) is 2.95. The number of fused-ring (bicyclic) bond motifs is 1. The number of benzene rings is 1. The van der Waals surface area contributed by atoms with E-state index in [1.165, 1.54) is 0 Å².